The summed E-state index contributed by atoms with van der Waals surface area (Å²) < 4.78 is 0. The molecular formula is C6H13BrO. The number of rotatable bonds is 3. The molecule has 50 valence electrons. The monoisotopic (exact) mass is 180 g/mol. The van der Waals surface area contributed by atoms with Crippen molar-refractivity contribution < 1.29 is 5.11 Å². The second-order valence-corrected chi connectivity index (χ2v) is 3.08. The van der Waals surface area contributed by atoms with Crippen molar-refractivity contribution in [1.82, 2.24) is 0 Å². The molecule has 0 fully saturated rings. The van der Waals surface area contributed by atoms with Crippen LogP contribution in [-0.4, -0.2) is 16.5 Å². The summed E-state index contributed by atoms with van der Waals surface area (Å²) in [5, 5.41) is 9.99. The lowest BCUT2D eigenvalue weighted by Crippen LogP contribution is -2.14. The first-order valence-corrected chi connectivity index (χ1v) is 4.04. The van der Waals surface area contributed by atoms with Crippen LogP contribution >= 0.6 is 15.9 Å². The first-order valence-electron chi connectivity index (χ1n) is 2.92. The molecule has 2 heteroatoms. The SMILES string of the molecule is CC(C)C(O)CCBr. The highest BCUT2D eigenvalue weighted by Crippen LogP contribution is 2.05. The molecule has 1 nitrogen and oxygen atoms in total. The molecule has 0 saturated heterocycles. The first kappa shape index (κ1) is 8.44. The highest BCUT2D eigenvalue weighted by atomic mass is 79.9. The largest absolute Gasteiger partial charge is 0.393 e. The maximum Gasteiger partial charge on any atom is 0.0571 e. The van der Waals surface area contributed by atoms with E-state index in [4.69, 9.17) is 5.11 Å². The zero-order valence-corrected chi connectivity index (χ0v) is 6.98. The van der Waals surface area contributed by atoms with Gasteiger partial charge in [-0.2, -0.15) is 0 Å². The van der Waals surface area contributed by atoms with E-state index in [1.807, 2.05) is 13.8 Å². The maximum atomic E-state index is 9.10. The van der Waals surface area contributed by atoms with Crippen LogP contribution in [0, 0.1) is 5.92 Å². The fourth-order valence-electron chi connectivity index (χ4n) is 0.445. The molecule has 8 heavy (non-hydrogen) atoms. The second kappa shape index (κ2) is 4.33. The topological polar surface area (TPSA) is 20.2 Å². The van der Waals surface area contributed by atoms with Crippen LogP contribution in [0.5, 0.6) is 0 Å². The predicted molar refractivity (Wildman–Crippen MR) is 39.3 cm³/mol. The molecule has 0 saturated carbocycles. The minimum Gasteiger partial charge on any atom is -0.393 e. The summed E-state index contributed by atoms with van der Waals surface area (Å²) in [6.45, 7) is 4.04. The average Bonchev–Trinajstić information content (AvgIpc) is 1.67. The van der Waals surface area contributed by atoms with Crippen LogP contribution in [0.4, 0.5) is 0 Å². The molecule has 0 aliphatic rings. The van der Waals surface area contributed by atoms with Gasteiger partial charge in [-0.05, 0) is 12.3 Å². The Kier molecular flexibility index (Phi) is 4.57. The van der Waals surface area contributed by atoms with Gasteiger partial charge in [0.1, 0.15) is 0 Å². The molecule has 0 spiro atoms. The molecular weight excluding hydrogens is 168 g/mol. The van der Waals surface area contributed by atoms with E-state index < -0.39 is 0 Å². The fourth-order valence-corrected chi connectivity index (χ4v) is 0.914. The molecule has 0 radical (unpaired) electrons. The molecule has 0 aliphatic carbocycles. The van der Waals surface area contributed by atoms with Gasteiger partial charge in [-0.25, -0.2) is 0 Å². The zero-order valence-electron chi connectivity index (χ0n) is 5.39. The molecule has 0 aromatic carbocycles. The van der Waals surface area contributed by atoms with Crippen molar-refractivity contribution >= 4 is 15.9 Å². The Morgan fingerprint density at radius 3 is 2.12 bits per heavy atom. The van der Waals surface area contributed by atoms with Crippen LogP contribution in [0.25, 0.3) is 0 Å². The maximum absolute atomic E-state index is 9.10. The van der Waals surface area contributed by atoms with Crippen LogP contribution < -0.4 is 0 Å². The van der Waals surface area contributed by atoms with E-state index in [0.717, 1.165) is 11.8 Å². The van der Waals surface area contributed by atoms with Crippen molar-refractivity contribution in [1.29, 1.82) is 0 Å². The van der Waals surface area contributed by atoms with Gasteiger partial charge in [-0.3, -0.25) is 0 Å². The number of aliphatic hydroxyl groups is 1. The van der Waals surface area contributed by atoms with Crippen molar-refractivity contribution in [3.8, 4) is 0 Å². The lowest BCUT2D eigenvalue weighted by molar-refractivity contribution is 0.123. The predicted octanol–water partition coefficient (Wildman–Crippen LogP) is 1.79. The summed E-state index contributed by atoms with van der Waals surface area (Å²) in [6, 6.07) is 0. The molecule has 1 N–H and O–H groups in total. The summed E-state index contributed by atoms with van der Waals surface area (Å²) in [7, 11) is 0. The van der Waals surface area contributed by atoms with E-state index in [-0.39, 0.29) is 6.10 Å². The smallest absolute Gasteiger partial charge is 0.0571 e. The number of hydrogen-bond donors (Lipinski definition) is 1. The molecule has 0 amide bonds. The van der Waals surface area contributed by atoms with Crippen molar-refractivity contribution in [2.45, 2.75) is 26.4 Å². The number of halogens is 1. The Balaban J connectivity index is 3.17. The second-order valence-electron chi connectivity index (χ2n) is 2.29. The first-order chi connectivity index (χ1) is 3.68. The highest BCUT2D eigenvalue weighted by Gasteiger charge is 2.06. The van der Waals surface area contributed by atoms with Gasteiger partial charge >= 0.3 is 0 Å². The van der Waals surface area contributed by atoms with Crippen LogP contribution in [0.1, 0.15) is 20.3 Å². The molecule has 1 atom stereocenters. The van der Waals surface area contributed by atoms with Gasteiger partial charge in [0.25, 0.3) is 0 Å². The number of aliphatic hydroxyl groups excluding tert-OH is 1. The van der Waals surface area contributed by atoms with Crippen LogP contribution in [0.3, 0.4) is 0 Å². The molecule has 0 rings (SSSR count). The molecule has 0 heterocycles. The van der Waals surface area contributed by atoms with E-state index in [9.17, 15) is 0 Å². The third kappa shape index (κ3) is 3.44. The van der Waals surface area contributed by atoms with Crippen molar-refractivity contribution in [2.75, 3.05) is 5.33 Å². The summed E-state index contributed by atoms with van der Waals surface area (Å²) in [6.07, 6.45) is 0.729. The van der Waals surface area contributed by atoms with Gasteiger partial charge in [0.05, 0.1) is 6.10 Å². The Hall–Kier alpha value is 0.440. The van der Waals surface area contributed by atoms with Crippen molar-refractivity contribution in [2.24, 2.45) is 5.92 Å². The number of alkyl halides is 1. The Morgan fingerprint density at radius 1 is 1.50 bits per heavy atom. The van der Waals surface area contributed by atoms with E-state index in [2.05, 4.69) is 15.9 Å². The molecule has 1 unspecified atom stereocenters. The Morgan fingerprint density at radius 2 is 2.00 bits per heavy atom. The molecule has 0 aromatic heterocycles. The summed E-state index contributed by atoms with van der Waals surface area (Å²) in [5.74, 6) is 0.396. The minimum atomic E-state index is -0.130. The van der Waals surface area contributed by atoms with Crippen LogP contribution in [0.2, 0.25) is 0 Å². The summed E-state index contributed by atoms with van der Waals surface area (Å²) >= 11 is 3.26. The molecule has 0 bridgehead atoms. The van der Waals surface area contributed by atoms with E-state index in [1.165, 1.54) is 0 Å². The Labute approximate surface area is 59.2 Å². The minimum absolute atomic E-state index is 0.130. The van der Waals surface area contributed by atoms with Crippen molar-refractivity contribution in [3.05, 3.63) is 0 Å². The third-order valence-corrected chi connectivity index (χ3v) is 1.63. The highest BCUT2D eigenvalue weighted by molar-refractivity contribution is 9.09. The Bertz CT molecular complexity index is 54.5. The molecule has 0 aromatic rings. The number of hydrogen-bond acceptors (Lipinski definition) is 1. The molecule has 0 aliphatic heterocycles. The lowest BCUT2D eigenvalue weighted by Gasteiger charge is -2.11. The lowest BCUT2D eigenvalue weighted by atomic mass is 10.1. The normalized spacial score (nSPS) is 14.6. The summed E-state index contributed by atoms with van der Waals surface area (Å²) in [5.41, 5.74) is 0. The third-order valence-electron chi connectivity index (χ3n) is 1.17. The van der Waals surface area contributed by atoms with Crippen molar-refractivity contribution in [3.63, 3.8) is 0 Å². The van der Waals surface area contributed by atoms with Gasteiger partial charge < -0.3 is 5.11 Å². The van der Waals surface area contributed by atoms with E-state index in [0.29, 0.717) is 5.92 Å². The van der Waals surface area contributed by atoms with Crippen LogP contribution in [-0.2, 0) is 0 Å². The van der Waals surface area contributed by atoms with Crippen LogP contribution in [0.15, 0.2) is 0 Å². The summed E-state index contributed by atoms with van der Waals surface area (Å²) in [4.78, 5) is 0. The quantitative estimate of drug-likeness (QED) is 0.658. The van der Waals surface area contributed by atoms with E-state index >= 15 is 0 Å². The zero-order chi connectivity index (χ0) is 6.57. The van der Waals surface area contributed by atoms with Gasteiger partial charge in [0.2, 0.25) is 0 Å². The van der Waals surface area contributed by atoms with E-state index in [1.54, 1.807) is 0 Å². The van der Waals surface area contributed by atoms with Gasteiger partial charge in [-0.1, -0.05) is 29.8 Å². The van der Waals surface area contributed by atoms with Gasteiger partial charge in [-0.15, -0.1) is 0 Å². The van der Waals surface area contributed by atoms with Gasteiger partial charge in [0, 0.05) is 5.33 Å². The average molecular weight is 181 g/mol. The standard InChI is InChI=1S/C6H13BrO/c1-5(2)6(8)3-4-7/h5-6,8H,3-4H2,1-2H3. The fraction of sp³-hybridized carbons (Fsp3) is 1.00. The van der Waals surface area contributed by atoms with Gasteiger partial charge in [0.15, 0.2) is 0 Å².